The van der Waals surface area contributed by atoms with Crippen molar-refractivity contribution in [2.24, 2.45) is 0 Å². The molecule has 0 aromatic carbocycles. The Labute approximate surface area is 90.9 Å². The Kier molecular flexibility index (Phi) is 5.65. The van der Waals surface area contributed by atoms with Crippen LogP contribution in [0.5, 0.6) is 0 Å². The third-order valence-corrected chi connectivity index (χ3v) is 3.03. The number of rotatable bonds is 7. The third kappa shape index (κ3) is 4.62. The Morgan fingerprint density at radius 1 is 1.40 bits per heavy atom. The molecule has 1 saturated heterocycles. The molecule has 0 bridgehead atoms. The summed E-state index contributed by atoms with van der Waals surface area (Å²) in [6.45, 7) is 2.25. The lowest BCUT2D eigenvalue weighted by atomic mass is 10.1. The van der Waals surface area contributed by atoms with Gasteiger partial charge in [-0.1, -0.05) is 0 Å². The van der Waals surface area contributed by atoms with Crippen LogP contribution >= 0.6 is 0 Å². The molecule has 1 rings (SSSR count). The molecule has 1 atom stereocenters. The minimum absolute atomic E-state index is 0.263. The van der Waals surface area contributed by atoms with Crippen molar-refractivity contribution in [3.63, 3.8) is 0 Å². The van der Waals surface area contributed by atoms with Crippen LogP contribution in [0.15, 0.2) is 0 Å². The average molecular weight is 215 g/mol. The van der Waals surface area contributed by atoms with Crippen LogP contribution in [0.3, 0.4) is 0 Å². The first-order valence-corrected chi connectivity index (χ1v) is 5.80. The molecule has 0 saturated carbocycles. The van der Waals surface area contributed by atoms with E-state index in [2.05, 4.69) is 4.90 Å². The van der Waals surface area contributed by atoms with Gasteiger partial charge < -0.3 is 15.1 Å². The summed E-state index contributed by atoms with van der Waals surface area (Å²) >= 11 is 0. The van der Waals surface area contributed by atoms with E-state index in [4.69, 9.17) is 10.2 Å². The molecule has 1 heterocycles. The van der Waals surface area contributed by atoms with Crippen molar-refractivity contribution in [2.75, 3.05) is 19.7 Å². The first kappa shape index (κ1) is 12.5. The van der Waals surface area contributed by atoms with Gasteiger partial charge in [-0.15, -0.1) is 0 Å². The summed E-state index contributed by atoms with van der Waals surface area (Å²) in [7, 11) is 0. The number of aliphatic hydroxyl groups excluding tert-OH is 1. The molecule has 1 unspecified atom stereocenters. The molecule has 88 valence electrons. The maximum absolute atomic E-state index is 10.4. The molecule has 15 heavy (non-hydrogen) atoms. The van der Waals surface area contributed by atoms with Crippen molar-refractivity contribution < 1.29 is 15.0 Å². The van der Waals surface area contributed by atoms with Gasteiger partial charge in [-0.05, 0) is 45.2 Å². The first-order valence-electron chi connectivity index (χ1n) is 5.80. The zero-order chi connectivity index (χ0) is 11.1. The predicted octanol–water partition coefficient (Wildman–Crippen LogP) is 1.09. The molecule has 4 nitrogen and oxygen atoms in total. The van der Waals surface area contributed by atoms with Crippen LogP contribution in [0.2, 0.25) is 0 Å². The lowest BCUT2D eigenvalue weighted by Crippen LogP contribution is -2.30. The molecule has 0 aliphatic carbocycles. The first-order chi connectivity index (χ1) is 7.24. The molecule has 0 aromatic rings. The molecule has 1 fully saturated rings. The smallest absolute Gasteiger partial charge is 0.303 e. The highest BCUT2D eigenvalue weighted by Crippen LogP contribution is 2.21. The van der Waals surface area contributed by atoms with E-state index < -0.39 is 5.97 Å². The summed E-state index contributed by atoms with van der Waals surface area (Å²) in [6, 6.07) is 0.575. The molecule has 0 radical (unpaired) electrons. The highest BCUT2D eigenvalue weighted by atomic mass is 16.4. The molecule has 0 aromatic heterocycles. The molecule has 1 aliphatic rings. The lowest BCUT2D eigenvalue weighted by molar-refractivity contribution is -0.137. The van der Waals surface area contributed by atoms with Gasteiger partial charge in [-0.25, -0.2) is 0 Å². The third-order valence-electron chi connectivity index (χ3n) is 3.03. The zero-order valence-corrected chi connectivity index (χ0v) is 9.19. The minimum Gasteiger partial charge on any atom is -0.481 e. The Bertz CT molecular complexity index is 196. The van der Waals surface area contributed by atoms with Gasteiger partial charge in [-0.3, -0.25) is 4.79 Å². The second kappa shape index (κ2) is 6.80. The standard InChI is InChI=1S/C11H21NO3/c13-9-3-5-10-4-1-7-12(10)8-2-6-11(14)15/h10,13H,1-9H2,(H,14,15). The number of carboxylic acids is 1. The van der Waals surface area contributed by atoms with E-state index in [-0.39, 0.29) is 13.0 Å². The number of likely N-dealkylation sites (tertiary alicyclic amines) is 1. The summed E-state index contributed by atoms with van der Waals surface area (Å²) in [4.78, 5) is 12.7. The number of hydrogen-bond acceptors (Lipinski definition) is 3. The molecule has 0 amide bonds. The van der Waals surface area contributed by atoms with E-state index in [1.807, 2.05) is 0 Å². The lowest BCUT2D eigenvalue weighted by Gasteiger charge is -2.23. The summed E-state index contributed by atoms with van der Waals surface area (Å²) in [5, 5.41) is 17.3. The van der Waals surface area contributed by atoms with E-state index in [1.165, 1.54) is 12.8 Å². The van der Waals surface area contributed by atoms with E-state index in [0.29, 0.717) is 6.04 Å². The Morgan fingerprint density at radius 2 is 2.20 bits per heavy atom. The molecule has 0 spiro atoms. The van der Waals surface area contributed by atoms with Gasteiger partial charge >= 0.3 is 5.97 Å². The largest absolute Gasteiger partial charge is 0.481 e. The quantitative estimate of drug-likeness (QED) is 0.667. The van der Waals surface area contributed by atoms with Crippen LogP contribution in [-0.2, 0) is 4.79 Å². The number of hydrogen-bond donors (Lipinski definition) is 2. The maximum atomic E-state index is 10.4. The summed E-state index contributed by atoms with van der Waals surface area (Å²) in [6.07, 6.45) is 5.33. The van der Waals surface area contributed by atoms with Crippen LogP contribution in [0.4, 0.5) is 0 Å². The SMILES string of the molecule is O=C(O)CCCN1CCCC1CCCO. The molecule has 4 heteroatoms. The number of carboxylic acid groups (broad SMARTS) is 1. The molecular formula is C11H21NO3. The van der Waals surface area contributed by atoms with Crippen molar-refractivity contribution in [1.82, 2.24) is 4.90 Å². The Balaban J connectivity index is 2.17. The topological polar surface area (TPSA) is 60.8 Å². The number of aliphatic carboxylic acids is 1. The van der Waals surface area contributed by atoms with Crippen LogP contribution in [0, 0.1) is 0 Å². The van der Waals surface area contributed by atoms with Gasteiger partial charge in [0.2, 0.25) is 0 Å². The van der Waals surface area contributed by atoms with Gasteiger partial charge in [0, 0.05) is 19.1 Å². The van der Waals surface area contributed by atoms with Gasteiger partial charge in [0.1, 0.15) is 0 Å². The van der Waals surface area contributed by atoms with Gasteiger partial charge in [0.25, 0.3) is 0 Å². The normalized spacial score (nSPS) is 22.1. The van der Waals surface area contributed by atoms with Gasteiger partial charge in [-0.2, -0.15) is 0 Å². The fraction of sp³-hybridized carbons (Fsp3) is 0.909. The van der Waals surface area contributed by atoms with E-state index in [1.54, 1.807) is 0 Å². The van der Waals surface area contributed by atoms with Crippen molar-refractivity contribution in [3.05, 3.63) is 0 Å². The molecular weight excluding hydrogens is 194 g/mol. The van der Waals surface area contributed by atoms with Crippen LogP contribution in [0.1, 0.15) is 38.5 Å². The summed E-state index contributed by atoms with van der Waals surface area (Å²) in [5.74, 6) is -0.707. The Hall–Kier alpha value is -0.610. The van der Waals surface area contributed by atoms with E-state index in [9.17, 15) is 4.79 Å². The fourth-order valence-corrected chi connectivity index (χ4v) is 2.28. The number of nitrogens with zero attached hydrogens (tertiary/aromatic N) is 1. The van der Waals surface area contributed by atoms with E-state index >= 15 is 0 Å². The minimum atomic E-state index is -0.707. The zero-order valence-electron chi connectivity index (χ0n) is 9.19. The second-order valence-corrected chi connectivity index (χ2v) is 4.20. The number of carbonyl (C=O) groups is 1. The van der Waals surface area contributed by atoms with Crippen molar-refractivity contribution >= 4 is 5.97 Å². The summed E-state index contributed by atoms with van der Waals surface area (Å²) in [5.41, 5.74) is 0. The second-order valence-electron chi connectivity index (χ2n) is 4.20. The fourth-order valence-electron chi connectivity index (χ4n) is 2.28. The molecule has 2 N–H and O–H groups in total. The van der Waals surface area contributed by atoms with Gasteiger partial charge in [0.05, 0.1) is 0 Å². The van der Waals surface area contributed by atoms with E-state index in [0.717, 1.165) is 32.4 Å². The summed E-state index contributed by atoms with van der Waals surface area (Å²) < 4.78 is 0. The van der Waals surface area contributed by atoms with Crippen LogP contribution in [-0.4, -0.2) is 46.8 Å². The Morgan fingerprint density at radius 3 is 2.87 bits per heavy atom. The predicted molar refractivity (Wildman–Crippen MR) is 57.8 cm³/mol. The van der Waals surface area contributed by atoms with Crippen molar-refractivity contribution in [1.29, 1.82) is 0 Å². The van der Waals surface area contributed by atoms with Crippen LogP contribution < -0.4 is 0 Å². The maximum Gasteiger partial charge on any atom is 0.303 e. The van der Waals surface area contributed by atoms with Gasteiger partial charge in [0.15, 0.2) is 0 Å². The highest BCUT2D eigenvalue weighted by Gasteiger charge is 2.23. The monoisotopic (exact) mass is 215 g/mol. The van der Waals surface area contributed by atoms with Crippen LogP contribution in [0.25, 0.3) is 0 Å². The average Bonchev–Trinajstić information content (AvgIpc) is 2.62. The highest BCUT2D eigenvalue weighted by molar-refractivity contribution is 5.66. The van der Waals surface area contributed by atoms with Crippen molar-refractivity contribution in [3.8, 4) is 0 Å². The molecule has 1 aliphatic heterocycles. The van der Waals surface area contributed by atoms with Crippen molar-refractivity contribution in [2.45, 2.75) is 44.6 Å². The number of aliphatic hydroxyl groups is 1.